The van der Waals surface area contributed by atoms with Gasteiger partial charge in [0.05, 0.1) is 38.9 Å². The van der Waals surface area contributed by atoms with Crippen molar-refractivity contribution in [3.8, 4) is 11.3 Å². The molecule has 54 heavy (non-hydrogen) atoms. The van der Waals surface area contributed by atoms with Crippen LogP contribution in [0, 0.1) is 11.2 Å². The van der Waals surface area contributed by atoms with E-state index in [1.54, 1.807) is 18.6 Å². The van der Waals surface area contributed by atoms with E-state index >= 15 is 0 Å². The number of hydrogen-bond acceptors (Lipinski definition) is 8. The highest BCUT2D eigenvalue weighted by atomic mass is 127. The smallest absolute Gasteiger partial charge is 0.251 e. The third kappa shape index (κ3) is 6.18. The molecule has 2 unspecified atom stereocenters. The van der Waals surface area contributed by atoms with E-state index in [9.17, 15) is 14.0 Å². The first kappa shape index (κ1) is 36.0. The zero-order valence-electron chi connectivity index (χ0n) is 31.2. The highest BCUT2D eigenvalue weighted by Crippen LogP contribution is 2.52. The topological polar surface area (TPSA) is 109 Å². The van der Waals surface area contributed by atoms with Gasteiger partial charge in [0.15, 0.2) is 11.6 Å². The molecule has 4 aliphatic heterocycles. The monoisotopic (exact) mass is 846 g/mol. The third-order valence-electron chi connectivity index (χ3n) is 12.7. The molecule has 3 saturated heterocycles. The second-order valence-corrected chi connectivity index (χ2v) is 18.6. The minimum absolute atomic E-state index is 0.0646. The van der Waals surface area contributed by atoms with E-state index in [0.29, 0.717) is 55.5 Å². The van der Waals surface area contributed by atoms with Gasteiger partial charge >= 0.3 is 0 Å². The van der Waals surface area contributed by atoms with Gasteiger partial charge in [0.25, 0.3) is 5.91 Å². The third-order valence-corrected chi connectivity index (χ3v) is 13.3. The van der Waals surface area contributed by atoms with Gasteiger partial charge in [-0.1, -0.05) is 48.6 Å². The minimum atomic E-state index is -0.684. The number of hydrogen-bond donors (Lipinski definition) is 1. The molecule has 11 nitrogen and oxygen atoms in total. The number of imidazole rings is 1. The SMILES string of the molecule is CC(I)n1cnc2cc(-c3ccc4c(c3)N(C3CC(N5CCC(C)(C)C5)C3)C(=O)C43CCN(C(=O)C4CCCCO4)CC3)nc(Nc3ccncc3F)c21. The van der Waals surface area contributed by atoms with Gasteiger partial charge in [0.2, 0.25) is 5.91 Å². The largest absolute Gasteiger partial charge is 0.368 e. The maximum atomic E-state index is 15.0. The Kier molecular flexibility index (Phi) is 9.20. The highest BCUT2D eigenvalue weighted by Gasteiger charge is 2.56. The van der Waals surface area contributed by atoms with Crippen LogP contribution in [0.25, 0.3) is 22.3 Å². The van der Waals surface area contributed by atoms with Crippen molar-refractivity contribution in [2.24, 2.45) is 5.41 Å². The lowest BCUT2D eigenvalue weighted by Crippen LogP contribution is -2.58. The number of nitrogens with one attached hydrogen (secondary N) is 1. The summed E-state index contributed by atoms with van der Waals surface area (Å²) in [4.78, 5) is 48.8. The molecule has 1 N–H and O–H groups in total. The lowest BCUT2D eigenvalue weighted by molar-refractivity contribution is -0.149. The first-order valence-electron chi connectivity index (χ1n) is 19.5. The van der Waals surface area contributed by atoms with Crippen molar-refractivity contribution in [2.75, 3.05) is 43.0 Å². The van der Waals surface area contributed by atoms with Gasteiger partial charge in [-0.3, -0.25) is 19.5 Å². The number of amides is 2. The Morgan fingerprint density at radius 1 is 1.07 bits per heavy atom. The highest BCUT2D eigenvalue weighted by molar-refractivity contribution is 14.1. The van der Waals surface area contributed by atoms with Gasteiger partial charge in [-0.05, 0) is 94.0 Å². The summed E-state index contributed by atoms with van der Waals surface area (Å²) in [6, 6.07) is 10.5. The summed E-state index contributed by atoms with van der Waals surface area (Å²) in [5.41, 5.74) is 4.96. The molecule has 0 bridgehead atoms. The molecule has 4 aromatic rings. The molecule has 284 valence electrons. The van der Waals surface area contributed by atoms with Crippen LogP contribution in [0.1, 0.15) is 81.7 Å². The number of fused-ring (bicyclic) bond motifs is 3. The number of piperidine rings is 1. The predicted octanol–water partition coefficient (Wildman–Crippen LogP) is 7.37. The summed E-state index contributed by atoms with van der Waals surface area (Å²) < 4.78 is 22.8. The number of carbonyl (C=O) groups is 2. The van der Waals surface area contributed by atoms with E-state index in [0.717, 1.165) is 73.0 Å². The number of halogens is 2. The zero-order chi connectivity index (χ0) is 37.4. The summed E-state index contributed by atoms with van der Waals surface area (Å²) in [5, 5.41) is 3.23. The number of anilines is 3. The summed E-state index contributed by atoms with van der Waals surface area (Å²) in [6.45, 7) is 10.7. The maximum Gasteiger partial charge on any atom is 0.251 e. The number of rotatable bonds is 7. The van der Waals surface area contributed by atoms with Crippen LogP contribution >= 0.6 is 22.6 Å². The van der Waals surface area contributed by atoms with Crippen LogP contribution in [0.4, 0.5) is 21.6 Å². The van der Waals surface area contributed by atoms with Crippen LogP contribution in [-0.4, -0.2) is 92.1 Å². The molecular weight excluding hydrogens is 798 g/mol. The number of nitrogens with zero attached hydrogens (tertiary/aromatic N) is 7. The van der Waals surface area contributed by atoms with Crippen molar-refractivity contribution in [3.05, 3.63) is 60.4 Å². The normalized spacial score (nSPS) is 25.6. The number of alkyl halides is 1. The van der Waals surface area contributed by atoms with Crippen LogP contribution in [0.2, 0.25) is 0 Å². The molecule has 1 aliphatic carbocycles. The van der Waals surface area contributed by atoms with Gasteiger partial charge in [-0.25, -0.2) is 14.4 Å². The summed E-state index contributed by atoms with van der Waals surface area (Å²) in [6.07, 6.45) is 11.2. The van der Waals surface area contributed by atoms with Gasteiger partial charge in [-0.15, -0.1) is 0 Å². The molecule has 4 fully saturated rings. The Hall–Kier alpha value is -3.69. The van der Waals surface area contributed by atoms with Crippen molar-refractivity contribution in [2.45, 2.75) is 99.8 Å². The molecule has 2 amide bonds. The number of benzene rings is 1. The van der Waals surface area contributed by atoms with Crippen molar-refractivity contribution >= 4 is 62.6 Å². The van der Waals surface area contributed by atoms with Crippen LogP contribution in [0.3, 0.4) is 0 Å². The van der Waals surface area contributed by atoms with Gasteiger partial charge < -0.3 is 24.4 Å². The van der Waals surface area contributed by atoms with Gasteiger partial charge in [0, 0.05) is 55.8 Å². The standard InChI is InChI=1S/C41H48FIN8O3/c1-25(43)50-24-45-33-21-32(47-37(36(33)50)46-31-9-13-44-22-30(31)42)26-7-8-29-34(18-26)51(28-19-27(20-28)49-14-10-40(2,3)23-49)39(53)41(29)11-15-48(16-12-41)38(52)35-6-4-5-17-54-35/h7-9,13,18,21-22,24-25,27-28,35H,4-6,10-12,14-17,19-20,23H2,1-3H3,(H,44,46,47). The quantitative estimate of drug-likeness (QED) is 0.152. The second kappa shape index (κ2) is 13.8. The fourth-order valence-corrected chi connectivity index (χ4v) is 9.97. The molecule has 9 rings (SSSR count). The zero-order valence-corrected chi connectivity index (χ0v) is 33.4. The Bertz CT molecular complexity index is 2100. The van der Waals surface area contributed by atoms with E-state index < -0.39 is 11.2 Å². The second-order valence-electron chi connectivity index (χ2n) is 16.8. The van der Waals surface area contributed by atoms with Crippen molar-refractivity contribution in [1.82, 2.24) is 29.3 Å². The van der Waals surface area contributed by atoms with Gasteiger partial charge in [0.1, 0.15) is 11.6 Å². The number of likely N-dealkylation sites (tertiary alicyclic amines) is 2. The fraction of sp³-hybridized carbons (Fsp3) is 0.537. The lowest BCUT2D eigenvalue weighted by Gasteiger charge is -2.47. The van der Waals surface area contributed by atoms with Crippen LogP contribution in [-0.2, 0) is 19.7 Å². The Morgan fingerprint density at radius 3 is 2.59 bits per heavy atom. The Balaban J connectivity index is 1.07. The number of carbonyl (C=O) groups excluding carboxylic acids is 2. The maximum absolute atomic E-state index is 15.0. The van der Waals surface area contributed by atoms with Crippen LogP contribution in [0.15, 0.2) is 49.1 Å². The molecule has 1 saturated carbocycles. The van der Waals surface area contributed by atoms with Crippen molar-refractivity contribution in [3.63, 3.8) is 0 Å². The Morgan fingerprint density at radius 2 is 1.89 bits per heavy atom. The lowest BCUT2D eigenvalue weighted by atomic mass is 9.73. The van der Waals surface area contributed by atoms with E-state index in [-0.39, 0.29) is 33.7 Å². The summed E-state index contributed by atoms with van der Waals surface area (Å²) in [7, 11) is 0. The molecule has 7 heterocycles. The molecule has 13 heteroatoms. The van der Waals surface area contributed by atoms with E-state index in [4.69, 9.17) is 14.7 Å². The first-order valence-corrected chi connectivity index (χ1v) is 20.8. The molecule has 5 aliphatic rings. The fourth-order valence-electron chi connectivity index (χ4n) is 9.55. The first-order chi connectivity index (χ1) is 26.0. The molecular formula is C41H48FIN8O3. The van der Waals surface area contributed by atoms with Crippen LogP contribution < -0.4 is 10.2 Å². The van der Waals surface area contributed by atoms with Crippen molar-refractivity contribution in [1.29, 1.82) is 0 Å². The molecule has 2 atom stereocenters. The van der Waals surface area contributed by atoms with Gasteiger partial charge in [-0.2, -0.15) is 0 Å². The molecule has 1 aromatic carbocycles. The average molecular weight is 847 g/mol. The molecule has 0 radical (unpaired) electrons. The predicted molar refractivity (Wildman–Crippen MR) is 215 cm³/mol. The molecule has 3 aromatic heterocycles. The van der Waals surface area contributed by atoms with E-state index in [1.165, 1.54) is 12.6 Å². The Labute approximate surface area is 329 Å². The minimum Gasteiger partial charge on any atom is -0.368 e. The number of ether oxygens (including phenoxy) is 1. The van der Waals surface area contributed by atoms with E-state index in [2.05, 4.69) is 81.7 Å². The summed E-state index contributed by atoms with van der Waals surface area (Å²) >= 11 is 2.33. The molecule has 1 spiro atoms. The number of aromatic nitrogens is 4. The van der Waals surface area contributed by atoms with Crippen molar-refractivity contribution < 1.29 is 18.7 Å². The van der Waals surface area contributed by atoms with E-state index in [1.807, 2.05) is 15.5 Å². The summed E-state index contributed by atoms with van der Waals surface area (Å²) in [5.74, 6) is 0.246. The average Bonchev–Trinajstić information content (AvgIpc) is 3.82. The van der Waals surface area contributed by atoms with Crippen LogP contribution in [0.5, 0.6) is 0 Å². The number of pyridine rings is 2.